The summed E-state index contributed by atoms with van der Waals surface area (Å²) >= 11 is 0. The molecule has 398 valence electrons. The van der Waals surface area contributed by atoms with Gasteiger partial charge in [-0.2, -0.15) is 0 Å². The van der Waals surface area contributed by atoms with E-state index in [0.29, 0.717) is 65.1 Å². The standard InChI is InChI=1S/5C10H20O2.C6H14/c5*1-3-5-6-7-8-9-10(11)12-4-2;1-3-5-6-4-2/h5*3-9H2,1-2H3;3-6H2,1-2H3. The summed E-state index contributed by atoms with van der Waals surface area (Å²) < 4.78 is 24.0. The summed E-state index contributed by atoms with van der Waals surface area (Å²) in [6.07, 6.45) is 38.1. The molecule has 0 aliphatic rings. The summed E-state index contributed by atoms with van der Waals surface area (Å²) in [7, 11) is 0. The Balaban J connectivity index is -0.000000165. The van der Waals surface area contributed by atoms with Crippen molar-refractivity contribution in [2.75, 3.05) is 33.0 Å². The number of unbranched alkanes of at least 4 members (excludes halogenated alkanes) is 23. The average Bonchev–Trinajstić information content (AvgIpc) is 3.29. The van der Waals surface area contributed by atoms with Crippen LogP contribution in [0.4, 0.5) is 0 Å². The maximum atomic E-state index is 10.9. The Kier molecular flexibility index (Phi) is 83.8. The van der Waals surface area contributed by atoms with Crippen LogP contribution in [0.15, 0.2) is 0 Å². The van der Waals surface area contributed by atoms with Gasteiger partial charge in [-0.25, -0.2) is 0 Å². The maximum Gasteiger partial charge on any atom is 0.305 e. The quantitative estimate of drug-likeness (QED) is 0.0335. The van der Waals surface area contributed by atoms with E-state index >= 15 is 0 Å². The topological polar surface area (TPSA) is 132 Å². The van der Waals surface area contributed by atoms with Crippen molar-refractivity contribution in [1.29, 1.82) is 0 Å². The van der Waals surface area contributed by atoms with Crippen LogP contribution in [-0.2, 0) is 47.7 Å². The minimum atomic E-state index is -0.0472. The van der Waals surface area contributed by atoms with Gasteiger partial charge in [0.05, 0.1) is 33.0 Å². The Labute approximate surface area is 410 Å². The van der Waals surface area contributed by atoms with Crippen molar-refractivity contribution in [2.24, 2.45) is 0 Å². The predicted octanol–water partition coefficient (Wildman–Crippen LogP) is 17.1. The van der Waals surface area contributed by atoms with Gasteiger partial charge in [0.15, 0.2) is 0 Å². The molecule has 66 heavy (non-hydrogen) atoms. The third-order valence-corrected chi connectivity index (χ3v) is 9.91. The SMILES string of the molecule is CCCCCC.CCCCCCCC(=O)OCC.CCCCCCCC(=O)OCC.CCCCCCCC(=O)OCC.CCCCCCCC(=O)OCC.CCCCCCCC(=O)OCC. The molecule has 0 spiro atoms. The van der Waals surface area contributed by atoms with Gasteiger partial charge < -0.3 is 23.7 Å². The number of carbonyl (C=O) groups is 5. The first-order valence-electron chi connectivity index (χ1n) is 27.7. The second kappa shape index (κ2) is 73.9. The van der Waals surface area contributed by atoms with Crippen molar-refractivity contribution in [3.8, 4) is 0 Å². The summed E-state index contributed by atoms with van der Waals surface area (Å²) in [6, 6.07) is 0. The van der Waals surface area contributed by atoms with Crippen molar-refractivity contribution >= 4 is 29.8 Å². The smallest absolute Gasteiger partial charge is 0.305 e. The minimum absolute atomic E-state index is 0.0472. The third kappa shape index (κ3) is 88.1. The predicted molar refractivity (Wildman–Crippen MR) is 280 cm³/mol. The van der Waals surface area contributed by atoms with Gasteiger partial charge in [0.25, 0.3) is 0 Å². The molecule has 0 aromatic heterocycles. The molecule has 0 saturated carbocycles. The van der Waals surface area contributed by atoms with Crippen LogP contribution < -0.4 is 0 Å². The second-order valence-corrected chi connectivity index (χ2v) is 16.6. The van der Waals surface area contributed by atoms with Gasteiger partial charge in [0, 0.05) is 32.1 Å². The Bertz CT molecular complexity index is 773. The van der Waals surface area contributed by atoms with Crippen molar-refractivity contribution in [3.05, 3.63) is 0 Å². The zero-order valence-corrected chi connectivity index (χ0v) is 46.2. The number of rotatable bonds is 38. The maximum absolute atomic E-state index is 10.9. The molecule has 10 heteroatoms. The molecule has 0 atom stereocenters. The van der Waals surface area contributed by atoms with Crippen LogP contribution in [-0.4, -0.2) is 62.9 Å². The number of hydrogen-bond donors (Lipinski definition) is 0. The minimum Gasteiger partial charge on any atom is -0.466 e. The highest BCUT2D eigenvalue weighted by Crippen LogP contribution is 2.09. The van der Waals surface area contributed by atoms with E-state index in [4.69, 9.17) is 23.7 Å². The van der Waals surface area contributed by atoms with E-state index in [0.717, 1.165) is 64.2 Å². The lowest BCUT2D eigenvalue weighted by atomic mass is 10.1. The Morgan fingerprint density at radius 2 is 0.318 bits per heavy atom. The van der Waals surface area contributed by atoms with Crippen LogP contribution in [0.25, 0.3) is 0 Å². The molecule has 0 saturated heterocycles. The number of hydrogen-bond acceptors (Lipinski definition) is 10. The van der Waals surface area contributed by atoms with Crippen LogP contribution in [0.3, 0.4) is 0 Å². The molecule has 0 bridgehead atoms. The molecule has 0 aliphatic heterocycles. The monoisotopic (exact) mass is 947 g/mol. The molecule has 0 rings (SSSR count). The fourth-order valence-corrected chi connectivity index (χ4v) is 6.03. The summed E-state index contributed by atoms with van der Waals surface area (Å²) in [6.45, 7) is 27.1. The third-order valence-electron chi connectivity index (χ3n) is 9.91. The van der Waals surface area contributed by atoms with E-state index in [-0.39, 0.29) is 29.8 Å². The van der Waals surface area contributed by atoms with Gasteiger partial charge in [-0.3, -0.25) is 24.0 Å². The van der Waals surface area contributed by atoms with Crippen LogP contribution in [0.5, 0.6) is 0 Å². The number of esters is 5. The number of ether oxygens (including phenoxy) is 5. The molecule has 10 nitrogen and oxygen atoms in total. The van der Waals surface area contributed by atoms with E-state index in [1.807, 2.05) is 34.6 Å². The molecule has 0 aromatic carbocycles. The van der Waals surface area contributed by atoms with Crippen LogP contribution in [0.2, 0.25) is 0 Å². The highest BCUT2D eigenvalue weighted by atomic mass is 16.5. The van der Waals surface area contributed by atoms with Crippen LogP contribution in [0, 0.1) is 0 Å². The van der Waals surface area contributed by atoms with Crippen LogP contribution in [0.1, 0.15) is 301 Å². The largest absolute Gasteiger partial charge is 0.466 e. The fourth-order valence-electron chi connectivity index (χ4n) is 6.03. The molecule has 0 heterocycles. The average molecular weight is 948 g/mol. The highest BCUT2D eigenvalue weighted by Gasteiger charge is 2.03. The van der Waals surface area contributed by atoms with Crippen molar-refractivity contribution in [1.82, 2.24) is 0 Å². The summed E-state index contributed by atoms with van der Waals surface area (Å²) in [5.74, 6) is -0.236. The first-order chi connectivity index (χ1) is 32.0. The van der Waals surface area contributed by atoms with Gasteiger partial charge >= 0.3 is 29.8 Å². The molecular weight excluding hydrogens is 833 g/mol. The zero-order valence-electron chi connectivity index (χ0n) is 46.2. The van der Waals surface area contributed by atoms with E-state index in [1.165, 1.54) is 122 Å². The van der Waals surface area contributed by atoms with Gasteiger partial charge in [-0.15, -0.1) is 0 Å². The number of carbonyl (C=O) groups excluding carboxylic acids is 5. The highest BCUT2D eigenvalue weighted by molar-refractivity contribution is 5.70. The molecule has 0 amide bonds. The summed E-state index contributed by atoms with van der Waals surface area (Å²) in [5.41, 5.74) is 0. The first kappa shape index (κ1) is 74.9. The van der Waals surface area contributed by atoms with Crippen molar-refractivity contribution < 1.29 is 47.7 Å². The van der Waals surface area contributed by atoms with Crippen LogP contribution >= 0.6 is 0 Å². The molecular formula is C56H114O10. The second-order valence-electron chi connectivity index (χ2n) is 16.6. The van der Waals surface area contributed by atoms with Gasteiger partial charge in [0.1, 0.15) is 0 Å². The Hall–Kier alpha value is -2.65. The van der Waals surface area contributed by atoms with Crippen molar-refractivity contribution in [2.45, 2.75) is 301 Å². The zero-order chi connectivity index (χ0) is 51.0. The molecule has 0 aliphatic carbocycles. The summed E-state index contributed by atoms with van der Waals surface area (Å²) in [4.78, 5) is 54.3. The van der Waals surface area contributed by atoms with E-state index < -0.39 is 0 Å². The lowest BCUT2D eigenvalue weighted by Gasteiger charge is -2.00. The van der Waals surface area contributed by atoms with Gasteiger partial charge in [-0.1, -0.05) is 203 Å². The summed E-state index contributed by atoms with van der Waals surface area (Å²) in [5, 5.41) is 0. The molecule has 0 N–H and O–H groups in total. The lowest BCUT2D eigenvalue weighted by Crippen LogP contribution is -2.02. The van der Waals surface area contributed by atoms with Gasteiger partial charge in [0.2, 0.25) is 0 Å². The molecule has 0 radical (unpaired) electrons. The molecule has 0 fully saturated rings. The van der Waals surface area contributed by atoms with E-state index in [9.17, 15) is 24.0 Å². The molecule has 0 aromatic rings. The van der Waals surface area contributed by atoms with E-state index in [2.05, 4.69) is 48.5 Å². The Morgan fingerprint density at radius 3 is 0.439 bits per heavy atom. The van der Waals surface area contributed by atoms with Crippen molar-refractivity contribution in [3.63, 3.8) is 0 Å². The lowest BCUT2D eigenvalue weighted by molar-refractivity contribution is -0.144. The fraction of sp³-hybridized carbons (Fsp3) is 0.911. The van der Waals surface area contributed by atoms with E-state index in [1.54, 1.807) is 0 Å². The Morgan fingerprint density at radius 1 is 0.197 bits per heavy atom. The molecule has 0 unspecified atom stereocenters. The normalized spacial score (nSPS) is 9.76. The first-order valence-corrected chi connectivity index (χ1v) is 27.7. The van der Waals surface area contributed by atoms with Gasteiger partial charge in [-0.05, 0) is 66.7 Å².